The van der Waals surface area contributed by atoms with Gasteiger partial charge < -0.3 is 5.32 Å². The quantitative estimate of drug-likeness (QED) is 0.566. The average Bonchev–Trinajstić information content (AvgIpc) is 2.29. The molecule has 1 heteroatoms. The number of para-hydroxylation sites is 1. The van der Waals surface area contributed by atoms with Gasteiger partial charge in [-0.05, 0) is 25.0 Å². The Hall–Kier alpha value is -1.42. The van der Waals surface area contributed by atoms with Crippen molar-refractivity contribution in [2.24, 2.45) is 0 Å². The summed E-state index contributed by atoms with van der Waals surface area (Å²) in [6.45, 7) is 3.16. The van der Waals surface area contributed by atoms with Gasteiger partial charge in [-0.15, -0.1) is 11.8 Å². The molecule has 0 aliphatic carbocycles. The summed E-state index contributed by atoms with van der Waals surface area (Å²) in [4.78, 5) is 0. The first-order valence-electron chi connectivity index (χ1n) is 5.68. The average molecular weight is 201 g/mol. The van der Waals surface area contributed by atoms with Crippen LogP contribution in [-0.2, 0) is 0 Å². The second-order valence-electron chi connectivity index (χ2n) is 3.50. The van der Waals surface area contributed by atoms with Crippen molar-refractivity contribution < 1.29 is 0 Å². The zero-order valence-corrected chi connectivity index (χ0v) is 9.42. The minimum absolute atomic E-state index is 1.000. The van der Waals surface area contributed by atoms with Crippen LogP contribution in [0.2, 0.25) is 0 Å². The molecule has 0 aliphatic rings. The van der Waals surface area contributed by atoms with Gasteiger partial charge in [0.1, 0.15) is 0 Å². The van der Waals surface area contributed by atoms with Gasteiger partial charge in [-0.25, -0.2) is 0 Å². The molecule has 1 nitrogen and oxygen atoms in total. The summed E-state index contributed by atoms with van der Waals surface area (Å²) in [5.41, 5.74) is 1.19. The summed E-state index contributed by atoms with van der Waals surface area (Å²) in [5, 5.41) is 3.37. The number of hydrogen-bond donors (Lipinski definition) is 1. The number of rotatable bonds is 5. The van der Waals surface area contributed by atoms with Gasteiger partial charge in [0.05, 0.1) is 0 Å². The molecule has 1 aromatic rings. The largest absolute Gasteiger partial charge is 0.385 e. The second kappa shape index (κ2) is 7.94. The molecule has 15 heavy (non-hydrogen) atoms. The van der Waals surface area contributed by atoms with Crippen LogP contribution in [0.5, 0.6) is 0 Å². The van der Waals surface area contributed by atoms with Gasteiger partial charge in [0, 0.05) is 25.1 Å². The molecular weight excluding hydrogens is 182 g/mol. The van der Waals surface area contributed by atoms with Gasteiger partial charge in [-0.2, -0.15) is 0 Å². The minimum atomic E-state index is 1.000. The number of anilines is 1. The zero-order chi connectivity index (χ0) is 10.8. The molecule has 1 rings (SSSR count). The Morgan fingerprint density at radius 1 is 1.07 bits per heavy atom. The molecule has 0 fully saturated rings. The van der Waals surface area contributed by atoms with Crippen LogP contribution in [0.15, 0.2) is 30.3 Å². The van der Waals surface area contributed by atoms with Crippen LogP contribution in [0, 0.1) is 11.8 Å². The first kappa shape index (κ1) is 11.7. The Kier molecular flexibility index (Phi) is 6.17. The van der Waals surface area contributed by atoms with E-state index in [2.05, 4.69) is 36.2 Å². The molecule has 80 valence electrons. The molecule has 1 N–H and O–H groups in total. The zero-order valence-electron chi connectivity index (χ0n) is 9.42. The van der Waals surface area contributed by atoms with Crippen LogP contribution in [-0.4, -0.2) is 6.54 Å². The van der Waals surface area contributed by atoms with Crippen molar-refractivity contribution in [3.63, 3.8) is 0 Å². The fourth-order valence-corrected chi connectivity index (χ4v) is 1.27. The molecule has 0 unspecified atom stereocenters. The highest BCUT2D eigenvalue weighted by Crippen LogP contribution is 2.04. The maximum absolute atomic E-state index is 3.37. The topological polar surface area (TPSA) is 12.0 Å². The normalized spacial score (nSPS) is 9.13. The third-order valence-corrected chi connectivity index (χ3v) is 2.08. The van der Waals surface area contributed by atoms with Gasteiger partial charge in [0.15, 0.2) is 0 Å². The molecule has 0 heterocycles. The van der Waals surface area contributed by atoms with Crippen LogP contribution >= 0.6 is 0 Å². The first-order chi connectivity index (χ1) is 7.43. The fraction of sp³-hybridized carbons (Fsp3) is 0.429. The molecule has 1 aromatic carbocycles. The van der Waals surface area contributed by atoms with Crippen molar-refractivity contribution in [2.45, 2.75) is 32.6 Å². The van der Waals surface area contributed by atoms with Gasteiger partial charge in [0.25, 0.3) is 0 Å². The predicted molar refractivity (Wildman–Crippen MR) is 66.8 cm³/mol. The van der Waals surface area contributed by atoms with E-state index >= 15 is 0 Å². The first-order valence-corrected chi connectivity index (χ1v) is 5.68. The lowest BCUT2D eigenvalue weighted by Crippen LogP contribution is -2.00. The van der Waals surface area contributed by atoms with E-state index in [0.717, 1.165) is 32.2 Å². The molecular formula is C14H19N. The molecule has 0 bridgehead atoms. The van der Waals surface area contributed by atoms with Crippen molar-refractivity contribution in [1.29, 1.82) is 0 Å². The van der Waals surface area contributed by atoms with Gasteiger partial charge in [-0.3, -0.25) is 0 Å². The van der Waals surface area contributed by atoms with Crippen molar-refractivity contribution in [3.8, 4) is 11.8 Å². The summed E-state index contributed by atoms with van der Waals surface area (Å²) < 4.78 is 0. The van der Waals surface area contributed by atoms with Crippen LogP contribution in [0.3, 0.4) is 0 Å². The Bertz CT molecular complexity index is 305. The summed E-state index contributed by atoms with van der Waals surface area (Å²) in [6, 6.07) is 10.3. The number of hydrogen-bond acceptors (Lipinski definition) is 1. The van der Waals surface area contributed by atoms with Gasteiger partial charge >= 0.3 is 0 Å². The molecule has 0 aromatic heterocycles. The summed E-state index contributed by atoms with van der Waals surface area (Å²) in [7, 11) is 0. The van der Waals surface area contributed by atoms with E-state index in [9.17, 15) is 0 Å². The van der Waals surface area contributed by atoms with Crippen LogP contribution in [0.25, 0.3) is 0 Å². The second-order valence-corrected chi connectivity index (χ2v) is 3.50. The number of benzene rings is 1. The van der Waals surface area contributed by atoms with E-state index in [0.29, 0.717) is 0 Å². The lowest BCUT2D eigenvalue weighted by atomic mass is 10.2. The maximum Gasteiger partial charge on any atom is 0.0340 e. The Morgan fingerprint density at radius 3 is 2.53 bits per heavy atom. The third-order valence-electron chi connectivity index (χ3n) is 2.08. The molecule has 0 spiro atoms. The number of unbranched alkanes of at least 4 members (excludes halogenated alkanes) is 2. The standard InChI is InChI=1S/C14H19N/c1-2-3-4-5-6-10-13-15-14-11-8-7-9-12-14/h7-9,11-12,15H,2-3,6,10,13H2,1H3. The maximum atomic E-state index is 3.37. The highest BCUT2D eigenvalue weighted by atomic mass is 14.9. The Labute approximate surface area is 92.9 Å². The lowest BCUT2D eigenvalue weighted by Gasteiger charge is -2.03. The van der Waals surface area contributed by atoms with Gasteiger partial charge in [-0.1, -0.05) is 25.1 Å². The van der Waals surface area contributed by atoms with E-state index < -0.39 is 0 Å². The summed E-state index contributed by atoms with van der Waals surface area (Å²) in [5.74, 6) is 6.34. The highest BCUT2D eigenvalue weighted by molar-refractivity contribution is 5.42. The van der Waals surface area contributed by atoms with E-state index in [1.807, 2.05) is 18.2 Å². The van der Waals surface area contributed by atoms with Crippen molar-refractivity contribution in [2.75, 3.05) is 11.9 Å². The van der Waals surface area contributed by atoms with Gasteiger partial charge in [0.2, 0.25) is 0 Å². The molecule has 0 saturated carbocycles. The highest BCUT2D eigenvalue weighted by Gasteiger charge is 1.87. The van der Waals surface area contributed by atoms with Crippen molar-refractivity contribution in [3.05, 3.63) is 30.3 Å². The third kappa shape index (κ3) is 5.80. The monoisotopic (exact) mass is 201 g/mol. The lowest BCUT2D eigenvalue weighted by molar-refractivity contribution is 0.902. The van der Waals surface area contributed by atoms with E-state index in [1.165, 1.54) is 5.69 Å². The molecule has 0 saturated heterocycles. The molecule has 0 atom stereocenters. The predicted octanol–water partition coefficient (Wildman–Crippen LogP) is 3.68. The van der Waals surface area contributed by atoms with Crippen molar-refractivity contribution >= 4 is 5.69 Å². The minimum Gasteiger partial charge on any atom is -0.385 e. The van der Waals surface area contributed by atoms with Crippen LogP contribution in [0.1, 0.15) is 32.6 Å². The van der Waals surface area contributed by atoms with Crippen LogP contribution < -0.4 is 5.32 Å². The van der Waals surface area contributed by atoms with E-state index in [-0.39, 0.29) is 0 Å². The smallest absolute Gasteiger partial charge is 0.0340 e. The molecule has 0 radical (unpaired) electrons. The number of nitrogens with one attached hydrogen (secondary N) is 1. The summed E-state index contributed by atoms with van der Waals surface area (Å²) in [6.07, 6.45) is 4.31. The molecule has 0 amide bonds. The Balaban J connectivity index is 2.06. The van der Waals surface area contributed by atoms with Crippen LogP contribution in [0.4, 0.5) is 5.69 Å². The summed E-state index contributed by atoms with van der Waals surface area (Å²) >= 11 is 0. The molecule has 0 aliphatic heterocycles. The van der Waals surface area contributed by atoms with E-state index in [4.69, 9.17) is 0 Å². The Morgan fingerprint density at radius 2 is 1.80 bits per heavy atom. The fourth-order valence-electron chi connectivity index (χ4n) is 1.27. The SMILES string of the molecule is CCCC#CCCCNc1ccccc1. The van der Waals surface area contributed by atoms with Crippen molar-refractivity contribution in [1.82, 2.24) is 0 Å². The van der Waals surface area contributed by atoms with E-state index in [1.54, 1.807) is 0 Å².